The number of hydrogen-bond donors (Lipinski definition) is 0. The molecule has 0 saturated heterocycles. The van der Waals surface area contributed by atoms with Crippen molar-refractivity contribution in [2.45, 2.75) is 32.6 Å². The fraction of sp³-hybridized carbons (Fsp3) is 0.500. The molecule has 0 spiro atoms. The summed E-state index contributed by atoms with van der Waals surface area (Å²) in [7, 11) is 0. The van der Waals surface area contributed by atoms with Crippen LogP contribution < -0.4 is 0 Å². The minimum Gasteiger partial charge on any atom is -0.294 e. The van der Waals surface area contributed by atoms with Crippen LogP contribution in [0.4, 0.5) is 4.39 Å². The molecule has 17 heavy (non-hydrogen) atoms. The van der Waals surface area contributed by atoms with Crippen LogP contribution in [0, 0.1) is 17.7 Å². The highest BCUT2D eigenvalue weighted by molar-refractivity contribution is 9.10. The summed E-state index contributed by atoms with van der Waals surface area (Å²) in [5.74, 6) is 0.575. The lowest BCUT2D eigenvalue weighted by molar-refractivity contribution is 0.0867. The Labute approximate surface area is 110 Å². The second-order valence-corrected chi connectivity index (χ2v) is 5.81. The van der Waals surface area contributed by atoms with E-state index in [9.17, 15) is 9.18 Å². The molecule has 1 fully saturated rings. The van der Waals surface area contributed by atoms with Crippen LogP contribution in [0.25, 0.3) is 0 Å². The second-order valence-electron chi connectivity index (χ2n) is 4.96. The SMILES string of the molecule is CC1CCCC(C(=O)c2ccc(F)cc2Br)C1. The van der Waals surface area contributed by atoms with Gasteiger partial charge in [-0.2, -0.15) is 0 Å². The molecule has 1 saturated carbocycles. The van der Waals surface area contributed by atoms with Crippen LogP contribution in [0.15, 0.2) is 22.7 Å². The lowest BCUT2D eigenvalue weighted by Gasteiger charge is -2.25. The molecule has 0 aliphatic heterocycles. The predicted octanol–water partition coefficient (Wildman–Crippen LogP) is 4.60. The molecule has 92 valence electrons. The first-order valence-corrected chi connectivity index (χ1v) is 6.86. The van der Waals surface area contributed by atoms with E-state index in [-0.39, 0.29) is 17.5 Å². The summed E-state index contributed by atoms with van der Waals surface area (Å²) in [5, 5.41) is 0. The first kappa shape index (κ1) is 12.7. The van der Waals surface area contributed by atoms with Crippen LogP contribution in [-0.4, -0.2) is 5.78 Å². The van der Waals surface area contributed by atoms with Crippen molar-refractivity contribution in [3.05, 3.63) is 34.1 Å². The van der Waals surface area contributed by atoms with E-state index in [2.05, 4.69) is 22.9 Å². The average Bonchev–Trinajstić information content (AvgIpc) is 2.28. The van der Waals surface area contributed by atoms with E-state index in [0.717, 1.165) is 19.3 Å². The number of carbonyl (C=O) groups excluding carboxylic acids is 1. The smallest absolute Gasteiger partial charge is 0.167 e. The van der Waals surface area contributed by atoms with E-state index in [1.807, 2.05) is 0 Å². The van der Waals surface area contributed by atoms with Gasteiger partial charge in [0.15, 0.2) is 5.78 Å². The van der Waals surface area contributed by atoms with Gasteiger partial charge in [0, 0.05) is 16.0 Å². The predicted molar refractivity (Wildman–Crippen MR) is 69.6 cm³/mol. The summed E-state index contributed by atoms with van der Waals surface area (Å²) >= 11 is 3.27. The first-order chi connectivity index (χ1) is 8.08. The maximum atomic E-state index is 13.0. The summed E-state index contributed by atoms with van der Waals surface area (Å²) in [5.41, 5.74) is 0.616. The number of carbonyl (C=O) groups is 1. The molecular formula is C14H16BrFO. The highest BCUT2D eigenvalue weighted by atomic mass is 79.9. The van der Waals surface area contributed by atoms with E-state index < -0.39 is 0 Å². The van der Waals surface area contributed by atoms with E-state index in [4.69, 9.17) is 0 Å². The van der Waals surface area contributed by atoms with Crippen LogP contribution in [-0.2, 0) is 0 Å². The average molecular weight is 299 g/mol. The normalized spacial score (nSPS) is 24.6. The van der Waals surface area contributed by atoms with Crippen molar-refractivity contribution >= 4 is 21.7 Å². The first-order valence-electron chi connectivity index (χ1n) is 6.07. The third-order valence-corrected chi connectivity index (χ3v) is 4.16. The van der Waals surface area contributed by atoms with Gasteiger partial charge >= 0.3 is 0 Å². The summed E-state index contributed by atoms with van der Waals surface area (Å²) in [4.78, 5) is 12.3. The molecule has 0 heterocycles. The Morgan fingerprint density at radius 3 is 2.82 bits per heavy atom. The van der Waals surface area contributed by atoms with Crippen molar-refractivity contribution in [2.75, 3.05) is 0 Å². The number of Topliss-reactive ketones (excluding diaryl/α,β-unsaturated/α-hetero) is 1. The second kappa shape index (κ2) is 5.30. The maximum Gasteiger partial charge on any atom is 0.167 e. The number of rotatable bonds is 2. The monoisotopic (exact) mass is 298 g/mol. The van der Waals surface area contributed by atoms with Crippen LogP contribution in [0.1, 0.15) is 43.0 Å². The largest absolute Gasteiger partial charge is 0.294 e. The fourth-order valence-electron chi connectivity index (χ4n) is 2.58. The number of hydrogen-bond acceptors (Lipinski definition) is 1. The lowest BCUT2D eigenvalue weighted by atomic mass is 9.79. The highest BCUT2D eigenvalue weighted by Crippen LogP contribution is 2.32. The molecule has 1 nitrogen and oxygen atoms in total. The Bertz CT molecular complexity index is 430. The Kier molecular flexibility index (Phi) is 3.97. The summed E-state index contributed by atoms with van der Waals surface area (Å²) in [6.07, 6.45) is 4.26. The topological polar surface area (TPSA) is 17.1 Å². The Morgan fingerprint density at radius 1 is 1.41 bits per heavy atom. The van der Waals surface area contributed by atoms with Crippen molar-refractivity contribution in [3.63, 3.8) is 0 Å². The molecule has 1 aromatic rings. The van der Waals surface area contributed by atoms with Gasteiger partial charge in [0.05, 0.1) is 0 Å². The molecule has 3 heteroatoms. The molecule has 1 aromatic carbocycles. The number of halogens is 2. The quantitative estimate of drug-likeness (QED) is 0.730. The van der Waals surface area contributed by atoms with Crippen LogP contribution >= 0.6 is 15.9 Å². The molecule has 2 atom stereocenters. The third-order valence-electron chi connectivity index (χ3n) is 3.50. The van der Waals surface area contributed by atoms with Gasteiger partial charge < -0.3 is 0 Å². The van der Waals surface area contributed by atoms with Crippen molar-refractivity contribution in [1.29, 1.82) is 0 Å². The zero-order valence-electron chi connectivity index (χ0n) is 9.88. The van der Waals surface area contributed by atoms with E-state index in [0.29, 0.717) is 16.0 Å². The van der Waals surface area contributed by atoms with Gasteiger partial charge in [-0.3, -0.25) is 4.79 Å². The van der Waals surface area contributed by atoms with Gasteiger partial charge in [0.1, 0.15) is 5.82 Å². The van der Waals surface area contributed by atoms with Crippen molar-refractivity contribution < 1.29 is 9.18 Å². The standard InChI is InChI=1S/C14H16BrFO/c1-9-3-2-4-10(7-9)14(17)12-6-5-11(16)8-13(12)15/h5-6,8-10H,2-4,7H2,1H3. The molecule has 0 radical (unpaired) electrons. The number of benzene rings is 1. The molecule has 0 amide bonds. The number of ketones is 1. The minimum atomic E-state index is -0.314. The fourth-order valence-corrected chi connectivity index (χ4v) is 3.13. The van der Waals surface area contributed by atoms with E-state index >= 15 is 0 Å². The van der Waals surface area contributed by atoms with Gasteiger partial charge in [0.25, 0.3) is 0 Å². The maximum absolute atomic E-state index is 13.0. The third kappa shape index (κ3) is 2.95. The van der Waals surface area contributed by atoms with Crippen LogP contribution in [0.3, 0.4) is 0 Å². The Hall–Kier alpha value is -0.700. The molecule has 1 aliphatic carbocycles. The zero-order valence-corrected chi connectivity index (χ0v) is 11.5. The van der Waals surface area contributed by atoms with Crippen LogP contribution in [0.2, 0.25) is 0 Å². The van der Waals surface area contributed by atoms with Gasteiger partial charge in [-0.15, -0.1) is 0 Å². The summed E-state index contributed by atoms with van der Waals surface area (Å²) in [6, 6.07) is 4.30. The molecule has 0 bridgehead atoms. The highest BCUT2D eigenvalue weighted by Gasteiger charge is 2.26. The van der Waals surface area contributed by atoms with Crippen molar-refractivity contribution in [2.24, 2.45) is 11.8 Å². The van der Waals surface area contributed by atoms with Crippen molar-refractivity contribution in [3.8, 4) is 0 Å². The molecule has 0 aromatic heterocycles. The molecule has 0 N–H and O–H groups in total. The van der Waals surface area contributed by atoms with Gasteiger partial charge in [-0.25, -0.2) is 4.39 Å². The minimum absolute atomic E-state index is 0.112. The van der Waals surface area contributed by atoms with Gasteiger partial charge in [-0.05, 0) is 52.9 Å². The Morgan fingerprint density at radius 2 is 2.18 bits per heavy atom. The lowest BCUT2D eigenvalue weighted by Crippen LogP contribution is -2.22. The van der Waals surface area contributed by atoms with E-state index in [1.165, 1.54) is 18.6 Å². The molecule has 2 unspecified atom stereocenters. The van der Waals surface area contributed by atoms with Gasteiger partial charge in [-0.1, -0.05) is 19.8 Å². The molecular weight excluding hydrogens is 283 g/mol. The summed E-state index contributed by atoms with van der Waals surface area (Å²) < 4.78 is 13.5. The Balaban J connectivity index is 2.18. The van der Waals surface area contributed by atoms with Gasteiger partial charge in [0.2, 0.25) is 0 Å². The zero-order chi connectivity index (χ0) is 12.4. The van der Waals surface area contributed by atoms with Crippen molar-refractivity contribution in [1.82, 2.24) is 0 Å². The summed E-state index contributed by atoms with van der Waals surface area (Å²) in [6.45, 7) is 2.19. The molecule has 1 aliphatic rings. The van der Waals surface area contributed by atoms with E-state index in [1.54, 1.807) is 6.07 Å². The van der Waals surface area contributed by atoms with Crippen LogP contribution in [0.5, 0.6) is 0 Å². The molecule has 2 rings (SSSR count).